The Bertz CT molecular complexity index is 781. The zero-order valence-corrected chi connectivity index (χ0v) is 14.9. The van der Waals surface area contributed by atoms with Crippen LogP contribution in [0.2, 0.25) is 5.02 Å². The third-order valence-corrected chi connectivity index (χ3v) is 5.97. The average molecular weight is 365 g/mol. The fourth-order valence-corrected chi connectivity index (χ4v) is 4.59. The fourth-order valence-electron chi connectivity index (χ4n) is 3.10. The molecule has 3 rings (SSSR count). The van der Waals surface area contributed by atoms with Crippen molar-refractivity contribution in [3.63, 3.8) is 0 Å². The minimum absolute atomic E-state index is 0.0925. The molecule has 0 saturated carbocycles. The molecule has 1 N–H and O–H groups in total. The maximum atomic E-state index is 12.4. The van der Waals surface area contributed by atoms with Gasteiger partial charge < -0.3 is 4.90 Å². The lowest BCUT2D eigenvalue weighted by Crippen LogP contribution is -2.40. The first-order valence-electron chi connectivity index (χ1n) is 8.07. The first-order valence-corrected chi connectivity index (χ1v) is 10.1. The summed E-state index contributed by atoms with van der Waals surface area (Å²) in [5.41, 5.74) is 1.77. The quantitative estimate of drug-likeness (QED) is 0.854. The molecule has 1 atom stereocenters. The third kappa shape index (κ3) is 4.29. The summed E-state index contributed by atoms with van der Waals surface area (Å²) >= 11 is 6.06. The second-order valence-electron chi connectivity index (χ2n) is 6.02. The van der Waals surface area contributed by atoms with Gasteiger partial charge in [-0.2, -0.15) is 0 Å². The molecule has 2 aromatic rings. The van der Waals surface area contributed by atoms with Gasteiger partial charge in [-0.05, 0) is 36.6 Å². The normalized spacial score (nSPS) is 18.0. The van der Waals surface area contributed by atoms with Crippen LogP contribution in [0, 0.1) is 0 Å². The van der Waals surface area contributed by atoms with Gasteiger partial charge in [0, 0.05) is 29.8 Å². The molecule has 1 aliphatic rings. The molecular weight excluding hydrogens is 344 g/mol. The molecule has 4 nitrogen and oxygen atoms in total. The van der Waals surface area contributed by atoms with Crippen molar-refractivity contribution < 1.29 is 8.42 Å². The smallest absolute Gasteiger partial charge is 0.215 e. The van der Waals surface area contributed by atoms with Crippen LogP contribution in [0.25, 0.3) is 0 Å². The van der Waals surface area contributed by atoms with Crippen molar-refractivity contribution in [1.29, 1.82) is 0 Å². The Kier molecular flexibility index (Phi) is 5.43. The zero-order valence-electron chi connectivity index (χ0n) is 13.4. The van der Waals surface area contributed by atoms with E-state index in [1.807, 2.05) is 18.2 Å². The highest BCUT2D eigenvalue weighted by Crippen LogP contribution is 2.25. The van der Waals surface area contributed by atoms with Crippen molar-refractivity contribution in [2.24, 2.45) is 0 Å². The van der Waals surface area contributed by atoms with Crippen molar-refractivity contribution >= 4 is 27.3 Å². The van der Waals surface area contributed by atoms with Crippen LogP contribution in [-0.2, 0) is 15.8 Å². The number of para-hydroxylation sites is 1. The highest BCUT2D eigenvalue weighted by Gasteiger charge is 2.26. The summed E-state index contributed by atoms with van der Waals surface area (Å²) in [6.07, 6.45) is 2.06. The van der Waals surface area contributed by atoms with Gasteiger partial charge in [-0.1, -0.05) is 48.0 Å². The largest absolute Gasteiger partial charge is 0.367 e. The molecule has 24 heavy (non-hydrogen) atoms. The third-order valence-electron chi connectivity index (χ3n) is 4.31. The van der Waals surface area contributed by atoms with Gasteiger partial charge in [0.1, 0.15) is 0 Å². The van der Waals surface area contributed by atoms with Gasteiger partial charge in [0.25, 0.3) is 0 Å². The van der Waals surface area contributed by atoms with Crippen LogP contribution in [0.3, 0.4) is 0 Å². The molecule has 0 unspecified atom stereocenters. The van der Waals surface area contributed by atoms with Crippen molar-refractivity contribution in [2.45, 2.75) is 24.6 Å². The fraction of sp³-hybridized carbons (Fsp3) is 0.333. The Morgan fingerprint density at radius 1 is 1.08 bits per heavy atom. The van der Waals surface area contributed by atoms with E-state index in [0.717, 1.165) is 25.1 Å². The van der Waals surface area contributed by atoms with Crippen LogP contribution in [0.5, 0.6) is 0 Å². The number of rotatable bonds is 6. The molecule has 1 aliphatic heterocycles. The molecule has 1 saturated heterocycles. The highest BCUT2D eigenvalue weighted by molar-refractivity contribution is 7.88. The minimum atomic E-state index is -3.41. The van der Waals surface area contributed by atoms with Crippen LogP contribution in [0.15, 0.2) is 54.6 Å². The molecule has 0 aromatic heterocycles. The van der Waals surface area contributed by atoms with Crippen LogP contribution >= 0.6 is 11.6 Å². The lowest BCUT2D eigenvalue weighted by atomic mass is 10.2. The summed E-state index contributed by atoms with van der Waals surface area (Å²) in [4.78, 5) is 2.28. The number of hydrogen-bond donors (Lipinski definition) is 1. The van der Waals surface area contributed by atoms with Gasteiger partial charge in [-0.3, -0.25) is 0 Å². The van der Waals surface area contributed by atoms with Crippen LogP contribution in [0.1, 0.15) is 18.4 Å². The van der Waals surface area contributed by atoms with Crippen LogP contribution in [-0.4, -0.2) is 27.5 Å². The second kappa shape index (κ2) is 7.55. The summed E-state index contributed by atoms with van der Waals surface area (Å²) in [5, 5.41) is 0.481. The molecule has 2 aromatic carbocycles. The molecule has 1 fully saturated rings. The van der Waals surface area contributed by atoms with E-state index < -0.39 is 10.0 Å². The predicted molar refractivity (Wildman–Crippen MR) is 98.9 cm³/mol. The molecular formula is C18H21ClN2O2S. The second-order valence-corrected chi connectivity index (χ2v) is 8.24. The number of nitrogens with zero attached hydrogens (tertiary/aromatic N) is 1. The molecule has 0 amide bonds. The Hall–Kier alpha value is -1.56. The van der Waals surface area contributed by atoms with Gasteiger partial charge in [0.2, 0.25) is 10.0 Å². The molecule has 0 bridgehead atoms. The standard InChI is InChI=1S/C18H21ClN2O2S/c19-18-11-5-4-7-15(18)14-24(22,23)20-13-17-10-6-12-21(17)16-8-2-1-3-9-16/h1-5,7-9,11,17,20H,6,10,12-14H2/t17-/m1/s1. The molecule has 1 heterocycles. The van der Waals surface area contributed by atoms with Gasteiger partial charge >= 0.3 is 0 Å². The Morgan fingerprint density at radius 3 is 2.54 bits per heavy atom. The van der Waals surface area contributed by atoms with E-state index in [9.17, 15) is 8.42 Å². The average Bonchev–Trinajstić information content (AvgIpc) is 3.05. The SMILES string of the molecule is O=S(=O)(Cc1ccccc1Cl)NC[C@H]1CCCN1c1ccccc1. The first kappa shape index (κ1) is 17.3. The number of halogens is 1. The van der Waals surface area contributed by atoms with E-state index in [1.165, 1.54) is 0 Å². The Morgan fingerprint density at radius 2 is 1.79 bits per heavy atom. The summed E-state index contributed by atoms with van der Waals surface area (Å²) in [6, 6.07) is 17.4. The van der Waals surface area contributed by atoms with E-state index >= 15 is 0 Å². The van der Waals surface area contributed by atoms with Crippen LogP contribution < -0.4 is 9.62 Å². The van der Waals surface area contributed by atoms with Crippen LogP contribution in [0.4, 0.5) is 5.69 Å². The number of benzene rings is 2. The van der Waals surface area contributed by atoms with E-state index in [0.29, 0.717) is 17.1 Å². The molecule has 6 heteroatoms. The maximum Gasteiger partial charge on any atom is 0.215 e. The first-order chi connectivity index (χ1) is 11.6. The lowest BCUT2D eigenvalue weighted by Gasteiger charge is -2.27. The van der Waals surface area contributed by atoms with E-state index in [1.54, 1.807) is 24.3 Å². The summed E-state index contributed by atoms with van der Waals surface area (Å²) < 4.78 is 27.5. The summed E-state index contributed by atoms with van der Waals surface area (Å²) in [5.74, 6) is -0.0925. The van der Waals surface area contributed by atoms with Gasteiger partial charge in [0.05, 0.1) is 5.75 Å². The van der Waals surface area contributed by atoms with Gasteiger partial charge in [-0.25, -0.2) is 13.1 Å². The molecule has 0 radical (unpaired) electrons. The molecule has 0 aliphatic carbocycles. The maximum absolute atomic E-state index is 12.4. The van der Waals surface area contributed by atoms with Gasteiger partial charge in [0.15, 0.2) is 0 Å². The van der Waals surface area contributed by atoms with Crippen molar-refractivity contribution in [3.05, 3.63) is 65.2 Å². The van der Waals surface area contributed by atoms with Gasteiger partial charge in [-0.15, -0.1) is 0 Å². The van der Waals surface area contributed by atoms with Crippen molar-refractivity contribution in [3.8, 4) is 0 Å². The van der Waals surface area contributed by atoms with E-state index in [4.69, 9.17) is 11.6 Å². The van der Waals surface area contributed by atoms with Crippen molar-refractivity contribution in [1.82, 2.24) is 4.72 Å². The Balaban J connectivity index is 1.63. The number of nitrogens with one attached hydrogen (secondary N) is 1. The van der Waals surface area contributed by atoms with E-state index in [2.05, 4.69) is 21.8 Å². The predicted octanol–water partition coefficient (Wildman–Crippen LogP) is 3.43. The van der Waals surface area contributed by atoms with E-state index in [-0.39, 0.29) is 11.8 Å². The molecule has 0 spiro atoms. The minimum Gasteiger partial charge on any atom is -0.367 e. The number of anilines is 1. The highest BCUT2D eigenvalue weighted by atomic mass is 35.5. The van der Waals surface area contributed by atoms with Crippen molar-refractivity contribution in [2.75, 3.05) is 18.0 Å². The molecule has 128 valence electrons. The summed E-state index contributed by atoms with van der Waals surface area (Å²) in [6.45, 7) is 1.38. The topological polar surface area (TPSA) is 49.4 Å². The monoisotopic (exact) mass is 364 g/mol. The number of hydrogen-bond acceptors (Lipinski definition) is 3. The lowest BCUT2D eigenvalue weighted by molar-refractivity contribution is 0.566. The Labute approximate surface area is 148 Å². The zero-order chi connectivity index (χ0) is 17.0. The number of sulfonamides is 1. The summed E-state index contributed by atoms with van der Waals surface area (Å²) in [7, 11) is -3.41.